The van der Waals surface area contributed by atoms with E-state index in [-0.39, 0.29) is 29.3 Å². The van der Waals surface area contributed by atoms with Crippen molar-refractivity contribution in [3.8, 4) is 0 Å². The van der Waals surface area contributed by atoms with Gasteiger partial charge in [0.2, 0.25) is 5.91 Å². The zero-order valence-corrected chi connectivity index (χ0v) is 19.0. The summed E-state index contributed by atoms with van der Waals surface area (Å²) in [6, 6.07) is 14.2. The Balaban J connectivity index is 1.14. The Hall–Kier alpha value is -3.88. The highest BCUT2D eigenvalue weighted by molar-refractivity contribution is 5.95. The molecule has 0 spiro atoms. The maximum atomic E-state index is 14.8. The van der Waals surface area contributed by atoms with Crippen LogP contribution in [0.2, 0.25) is 0 Å². The minimum atomic E-state index is -0.473. The fourth-order valence-corrected chi connectivity index (χ4v) is 4.63. The molecule has 0 atom stereocenters. The third kappa shape index (κ3) is 4.99. The van der Waals surface area contributed by atoms with Crippen molar-refractivity contribution in [1.29, 1.82) is 0 Å². The lowest BCUT2D eigenvalue weighted by molar-refractivity contribution is -0.120. The van der Waals surface area contributed by atoms with Crippen LogP contribution in [-0.4, -0.2) is 53.1 Å². The number of nitrogens with zero attached hydrogens (tertiary/aromatic N) is 4. The minimum absolute atomic E-state index is 0.109. The number of halogens is 2. The SMILES string of the molecule is O=C(Nc1ccc(C2CCN(C(=O)c3cccc(F)c3)CC2)cc1F)C1CN(c2cccnn2)C1. The molecule has 1 N–H and O–H groups in total. The lowest BCUT2D eigenvalue weighted by Gasteiger charge is -2.38. The predicted molar refractivity (Wildman–Crippen MR) is 127 cm³/mol. The molecule has 5 rings (SSSR count). The van der Waals surface area contributed by atoms with Crippen LogP contribution in [0.15, 0.2) is 60.8 Å². The molecule has 0 radical (unpaired) electrons. The number of aromatic nitrogens is 2. The van der Waals surface area contributed by atoms with E-state index in [2.05, 4.69) is 15.5 Å². The standard InChI is InChI=1S/C26H25F2N5O2/c27-21-4-1-3-19(13-21)26(35)32-11-8-17(9-12-32)18-6-7-23(22(28)14-18)30-25(34)20-15-33(16-20)24-5-2-10-29-31-24/h1-7,10,13-14,17,20H,8-9,11-12,15-16H2,(H,30,34). The first-order chi connectivity index (χ1) is 17.0. The molecule has 180 valence electrons. The third-order valence-electron chi connectivity index (χ3n) is 6.71. The summed E-state index contributed by atoms with van der Waals surface area (Å²) in [4.78, 5) is 28.8. The number of hydrogen-bond acceptors (Lipinski definition) is 5. The van der Waals surface area contributed by atoms with Crippen LogP contribution < -0.4 is 10.2 Å². The molecule has 35 heavy (non-hydrogen) atoms. The van der Waals surface area contributed by atoms with Crippen LogP contribution >= 0.6 is 0 Å². The number of piperidine rings is 1. The lowest BCUT2D eigenvalue weighted by atomic mass is 9.89. The number of benzene rings is 2. The molecule has 9 heteroatoms. The predicted octanol–water partition coefficient (Wildman–Crippen LogP) is 3.85. The van der Waals surface area contributed by atoms with Crippen LogP contribution in [0.3, 0.4) is 0 Å². The van der Waals surface area contributed by atoms with E-state index in [0.29, 0.717) is 44.6 Å². The number of carbonyl (C=O) groups excluding carboxylic acids is 2. The summed E-state index contributed by atoms with van der Waals surface area (Å²) in [5.74, 6) is -0.737. The second-order valence-electron chi connectivity index (χ2n) is 8.99. The second-order valence-corrected chi connectivity index (χ2v) is 8.99. The van der Waals surface area contributed by atoms with Gasteiger partial charge >= 0.3 is 0 Å². The quantitative estimate of drug-likeness (QED) is 0.604. The molecule has 2 amide bonds. The molecule has 2 aromatic carbocycles. The van der Waals surface area contributed by atoms with Gasteiger partial charge in [0.15, 0.2) is 5.82 Å². The molecule has 0 bridgehead atoms. The van der Waals surface area contributed by atoms with Crippen LogP contribution in [0.1, 0.15) is 34.7 Å². The molecular formula is C26H25F2N5O2. The average molecular weight is 478 g/mol. The van der Waals surface area contributed by atoms with Crippen LogP contribution in [0, 0.1) is 17.6 Å². The van der Waals surface area contributed by atoms with E-state index in [1.165, 1.54) is 24.3 Å². The van der Waals surface area contributed by atoms with E-state index in [1.807, 2.05) is 17.0 Å². The minimum Gasteiger partial charge on any atom is -0.353 e. The van der Waals surface area contributed by atoms with Crippen molar-refractivity contribution < 1.29 is 18.4 Å². The van der Waals surface area contributed by atoms with Crippen molar-refractivity contribution in [3.63, 3.8) is 0 Å². The van der Waals surface area contributed by atoms with Gasteiger partial charge in [0.25, 0.3) is 5.91 Å². The zero-order valence-electron chi connectivity index (χ0n) is 19.0. The Kier molecular flexibility index (Phi) is 6.39. The van der Waals surface area contributed by atoms with E-state index in [0.717, 1.165) is 11.4 Å². The Bertz CT molecular complexity index is 1230. The van der Waals surface area contributed by atoms with Crippen molar-refractivity contribution >= 4 is 23.3 Å². The number of likely N-dealkylation sites (tertiary alicyclic amines) is 1. The van der Waals surface area contributed by atoms with Gasteiger partial charge in [0.05, 0.1) is 11.6 Å². The number of rotatable bonds is 5. The highest BCUT2D eigenvalue weighted by atomic mass is 19.1. The van der Waals surface area contributed by atoms with E-state index < -0.39 is 11.6 Å². The molecule has 7 nitrogen and oxygen atoms in total. The van der Waals surface area contributed by atoms with Crippen molar-refractivity contribution in [2.45, 2.75) is 18.8 Å². The van der Waals surface area contributed by atoms with Crippen molar-refractivity contribution in [2.75, 3.05) is 36.4 Å². The Morgan fingerprint density at radius 2 is 1.77 bits per heavy atom. The Morgan fingerprint density at radius 1 is 0.971 bits per heavy atom. The first-order valence-corrected chi connectivity index (χ1v) is 11.7. The molecule has 0 aliphatic carbocycles. The highest BCUT2D eigenvalue weighted by Crippen LogP contribution is 2.31. The van der Waals surface area contributed by atoms with Gasteiger partial charge in [-0.2, -0.15) is 5.10 Å². The molecule has 2 saturated heterocycles. The fraction of sp³-hybridized carbons (Fsp3) is 0.308. The summed E-state index contributed by atoms with van der Waals surface area (Å²) in [5, 5.41) is 10.6. The molecular weight excluding hydrogens is 452 g/mol. The van der Waals surface area contributed by atoms with Crippen molar-refractivity contribution in [3.05, 3.63) is 83.6 Å². The molecule has 1 aromatic heterocycles. The number of amides is 2. The largest absolute Gasteiger partial charge is 0.353 e. The Labute approximate surface area is 201 Å². The molecule has 2 aliphatic rings. The maximum Gasteiger partial charge on any atom is 0.253 e. The van der Waals surface area contributed by atoms with Crippen LogP contribution in [-0.2, 0) is 4.79 Å². The summed E-state index contributed by atoms with van der Waals surface area (Å²) < 4.78 is 28.3. The van der Waals surface area contributed by atoms with Gasteiger partial charge < -0.3 is 15.1 Å². The van der Waals surface area contributed by atoms with Crippen molar-refractivity contribution in [2.24, 2.45) is 5.92 Å². The van der Waals surface area contributed by atoms with Crippen LogP contribution in [0.4, 0.5) is 20.3 Å². The monoisotopic (exact) mass is 477 g/mol. The second kappa shape index (κ2) is 9.77. The van der Waals surface area contributed by atoms with E-state index in [1.54, 1.807) is 29.3 Å². The zero-order chi connectivity index (χ0) is 24.4. The van der Waals surface area contributed by atoms with Gasteiger partial charge in [-0.25, -0.2) is 8.78 Å². The van der Waals surface area contributed by atoms with Gasteiger partial charge in [-0.1, -0.05) is 12.1 Å². The molecule has 0 unspecified atom stereocenters. The number of hydrogen-bond donors (Lipinski definition) is 1. The normalized spacial score (nSPS) is 16.6. The third-order valence-corrected chi connectivity index (χ3v) is 6.71. The van der Waals surface area contributed by atoms with Crippen molar-refractivity contribution in [1.82, 2.24) is 15.1 Å². The number of carbonyl (C=O) groups is 2. The topological polar surface area (TPSA) is 78.4 Å². The molecule has 2 fully saturated rings. The summed E-state index contributed by atoms with van der Waals surface area (Å²) in [6.07, 6.45) is 2.97. The van der Waals surface area contributed by atoms with Gasteiger partial charge in [-0.05, 0) is 66.8 Å². The number of nitrogens with one attached hydrogen (secondary N) is 1. The first kappa shape index (κ1) is 22.9. The maximum absolute atomic E-state index is 14.8. The van der Waals surface area contributed by atoms with Gasteiger partial charge in [-0.15, -0.1) is 5.10 Å². The molecule has 2 aliphatic heterocycles. The summed E-state index contributed by atoms with van der Waals surface area (Å²) >= 11 is 0. The van der Waals surface area contributed by atoms with Gasteiger partial charge in [0.1, 0.15) is 11.6 Å². The summed E-state index contributed by atoms with van der Waals surface area (Å²) in [6.45, 7) is 2.06. The van der Waals surface area contributed by atoms with E-state index in [4.69, 9.17) is 0 Å². The van der Waals surface area contributed by atoms with Gasteiger partial charge in [-0.3, -0.25) is 9.59 Å². The summed E-state index contributed by atoms with van der Waals surface area (Å²) in [5.41, 5.74) is 1.34. The van der Waals surface area contributed by atoms with Crippen LogP contribution in [0.5, 0.6) is 0 Å². The lowest BCUT2D eigenvalue weighted by Crippen LogP contribution is -2.52. The number of anilines is 2. The Morgan fingerprint density at radius 3 is 2.46 bits per heavy atom. The summed E-state index contributed by atoms with van der Waals surface area (Å²) in [7, 11) is 0. The molecule has 3 aromatic rings. The smallest absolute Gasteiger partial charge is 0.253 e. The highest BCUT2D eigenvalue weighted by Gasteiger charge is 2.34. The molecule has 0 saturated carbocycles. The van der Waals surface area contributed by atoms with E-state index in [9.17, 15) is 18.4 Å². The average Bonchev–Trinajstić information content (AvgIpc) is 2.85. The van der Waals surface area contributed by atoms with Crippen LogP contribution in [0.25, 0.3) is 0 Å². The first-order valence-electron chi connectivity index (χ1n) is 11.7. The van der Waals surface area contributed by atoms with Gasteiger partial charge in [0, 0.05) is 37.9 Å². The van der Waals surface area contributed by atoms with E-state index >= 15 is 0 Å². The fourth-order valence-electron chi connectivity index (χ4n) is 4.63. The molecule has 3 heterocycles.